The van der Waals surface area contributed by atoms with Gasteiger partial charge in [0.05, 0.1) is 6.20 Å². The minimum Gasteiger partial charge on any atom is -0.361 e. The van der Waals surface area contributed by atoms with Gasteiger partial charge in [0.15, 0.2) is 3.92 Å². The van der Waals surface area contributed by atoms with E-state index in [2.05, 4.69) is 55.6 Å². The fourth-order valence-corrected chi connectivity index (χ4v) is 5.00. The van der Waals surface area contributed by atoms with Crippen molar-refractivity contribution in [1.29, 1.82) is 0 Å². The smallest absolute Gasteiger partial charge is 0.263 e. The second kappa shape index (κ2) is 7.30. The standard InChI is InChI=1S/C19H20BrN3OS/c20-19-22-11-17(25-19)18(24)23-16(12-5-1-2-6-12)9-13-10-21-15-8-4-3-7-14(13)15/h3-4,7-8,10-12,16,21H,1-2,5-6,9H2,(H,23,24). The van der Waals surface area contributed by atoms with Gasteiger partial charge in [-0.2, -0.15) is 0 Å². The number of rotatable bonds is 5. The summed E-state index contributed by atoms with van der Waals surface area (Å²) in [5.41, 5.74) is 2.43. The summed E-state index contributed by atoms with van der Waals surface area (Å²) in [6.07, 6.45) is 9.50. The molecule has 0 spiro atoms. The summed E-state index contributed by atoms with van der Waals surface area (Å²) in [7, 11) is 0. The number of amides is 1. The van der Waals surface area contributed by atoms with Gasteiger partial charge in [-0.05, 0) is 52.7 Å². The molecule has 1 unspecified atom stereocenters. The third kappa shape index (κ3) is 3.65. The second-order valence-electron chi connectivity index (χ2n) is 6.67. The van der Waals surface area contributed by atoms with E-state index in [0.29, 0.717) is 10.8 Å². The summed E-state index contributed by atoms with van der Waals surface area (Å²) in [5, 5.41) is 4.54. The van der Waals surface area contributed by atoms with Crippen molar-refractivity contribution >= 4 is 44.1 Å². The minimum atomic E-state index is -0.0139. The van der Waals surface area contributed by atoms with Crippen LogP contribution >= 0.6 is 27.3 Å². The van der Waals surface area contributed by atoms with Crippen LogP contribution in [0.1, 0.15) is 40.9 Å². The van der Waals surface area contributed by atoms with Gasteiger partial charge in [-0.15, -0.1) is 11.3 Å². The number of aromatic nitrogens is 2. The Bertz CT molecular complexity index is 882. The van der Waals surface area contributed by atoms with Gasteiger partial charge in [-0.25, -0.2) is 4.98 Å². The van der Waals surface area contributed by atoms with E-state index in [4.69, 9.17) is 0 Å². The van der Waals surface area contributed by atoms with Gasteiger partial charge < -0.3 is 10.3 Å². The van der Waals surface area contributed by atoms with Crippen molar-refractivity contribution in [3.8, 4) is 0 Å². The molecule has 1 aliphatic carbocycles. The average Bonchev–Trinajstić information content (AvgIpc) is 3.35. The fraction of sp³-hybridized carbons (Fsp3) is 0.368. The first-order valence-corrected chi connectivity index (χ1v) is 10.3. The molecular formula is C19H20BrN3OS. The van der Waals surface area contributed by atoms with Crippen LogP contribution in [0.2, 0.25) is 0 Å². The highest BCUT2D eigenvalue weighted by atomic mass is 79.9. The maximum atomic E-state index is 12.6. The Hall–Kier alpha value is -1.66. The zero-order chi connectivity index (χ0) is 17.2. The molecular weight excluding hydrogens is 398 g/mol. The largest absolute Gasteiger partial charge is 0.361 e. The Labute approximate surface area is 159 Å². The lowest BCUT2D eigenvalue weighted by Gasteiger charge is -2.24. The maximum absolute atomic E-state index is 12.6. The van der Waals surface area contributed by atoms with Crippen LogP contribution in [0.4, 0.5) is 0 Å². The van der Waals surface area contributed by atoms with Crippen LogP contribution in [0.15, 0.2) is 40.6 Å². The first-order chi connectivity index (χ1) is 12.2. The molecule has 0 radical (unpaired) electrons. The zero-order valence-electron chi connectivity index (χ0n) is 13.8. The summed E-state index contributed by atoms with van der Waals surface area (Å²) in [6, 6.07) is 8.51. The molecule has 1 aliphatic rings. The van der Waals surface area contributed by atoms with Crippen LogP contribution < -0.4 is 5.32 Å². The van der Waals surface area contributed by atoms with Gasteiger partial charge in [-0.1, -0.05) is 31.0 Å². The number of halogens is 1. The number of aromatic amines is 1. The molecule has 4 rings (SSSR count). The van der Waals surface area contributed by atoms with E-state index in [1.807, 2.05) is 6.07 Å². The molecule has 130 valence electrons. The monoisotopic (exact) mass is 417 g/mol. The number of thiazole rings is 1. The number of benzene rings is 1. The summed E-state index contributed by atoms with van der Waals surface area (Å²) in [5.74, 6) is 0.536. The number of H-pyrrole nitrogens is 1. The molecule has 2 heterocycles. The summed E-state index contributed by atoms with van der Waals surface area (Å²) < 4.78 is 0.742. The first-order valence-electron chi connectivity index (χ1n) is 8.68. The number of fused-ring (bicyclic) bond motifs is 1. The topological polar surface area (TPSA) is 57.8 Å². The maximum Gasteiger partial charge on any atom is 0.263 e. The second-order valence-corrected chi connectivity index (χ2v) is 8.97. The minimum absolute atomic E-state index is 0.0139. The zero-order valence-corrected chi connectivity index (χ0v) is 16.2. The van der Waals surface area contributed by atoms with Crippen LogP contribution in [0.3, 0.4) is 0 Å². The van der Waals surface area contributed by atoms with E-state index in [-0.39, 0.29) is 11.9 Å². The lowest BCUT2D eigenvalue weighted by atomic mass is 9.92. The lowest BCUT2D eigenvalue weighted by Crippen LogP contribution is -2.40. The highest BCUT2D eigenvalue weighted by Crippen LogP contribution is 2.31. The predicted molar refractivity (Wildman–Crippen MR) is 105 cm³/mol. The molecule has 1 aromatic carbocycles. The third-order valence-corrected chi connectivity index (χ3v) is 6.58. The Kier molecular flexibility index (Phi) is 4.90. The molecule has 25 heavy (non-hydrogen) atoms. The predicted octanol–water partition coefficient (Wildman–Crippen LogP) is 4.92. The van der Waals surface area contributed by atoms with Crippen molar-refractivity contribution in [3.05, 3.63) is 51.0 Å². The first kappa shape index (κ1) is 16.8. The van der Waals surface area contributed by atoms with E-state index < -0.39 is 0 Å². The molecule has 3 aromatic rings. The quantitative estimate of drug-likeness (QED) is 0.618. The van der Waals surface area contributed by atoms with Gasteiger partial charge in [0.2, 0.25) is 0 Å². The molecule has 1 atom stereocenters. The average molecular weight is 418 g/mol. The van der Waals surface area contributed by atoms with Crippen molar-refractivity contribution in [2.24, 2.45) is 5.92 Å². The highest BCUT2D eigenvalue weighted by molar-refractivity contribution is 9.11. The summed E-state index contributed by atoms with van der Waals surface area (Å²) >= 11 is 4.71. The normalized spacial score (nSPS) is 16.4. The Balaban J connectivity index is 1.56. The van der Waals surface area contributed by atoms with Crippen LogP contribution in [0, 0.1) is 5.92 Å². The fourth-order valence-electron chi connectivity index (χ4n) is 3.83. The van der Waals surface area contributed by atoms with Crippen LogP contribution in [0.5, 0.6) is 0 Å². The highest BCUT2D eigenvalue weighted by Gasteiger charge is 2.28. The number of hydrogen-bond acceptors (Lipinski definition) is 3. The van der Waals surface area contributed by atoms with Crippen molar-refractivity contribution in [2.75, 3.05) is 0 Å². The van der Waals surface area contributed by atoms with Gasteiger partial charge in [0.1, 0.15) is 4.88 Å². The van der Waals surface area contributed by atoms with E-state index in [1.54, 1.807) is 6.20 Å². The lowest BCUT2D eigenvalue weighted by molar-refractivity contribution is 0.0926. The van der Waals surface area contributed by atoms with Gasteiger partial charge in [0, 0.05) is 23.1 Å². The summed E-state index contributed by atoms with van der Waals surface area (Å²) in [4.78, 5) is 20.8. The molecule has 2 N–H and O–H groups in total. The van der Waals surface area contributed by atoms with E-state index in [9.17, 15) is 4.79 Å². The van der Waals surface area contributed by atoms with E-state index in [0.717, 1.165) is 15.9 Å². The molecule has 6 heteroatoms. The van der Waals surface area contributed by atoms with Crippen molar-refractivity contribution in [1.82, 2.24) is 15.3 Å². The molecule has 1 fully saturated rings. The number of para-hydroxylation sites is 1. The van der Waals surface area contributed by atoms with E-state index >= 15 is 0 Å². The van der Waals surface area contributed by atoms with Gasteiger partial charge >= 0.3 is 0 Å². The SMILES string of the molecule is O=C(NC(Cc1c[nH]c2ccccc12)C1CCCC1)c1cnc(Br)s1. The molecule has 1 saturated carbocycles. The van der Waals surface area contributed by atoms with Crippen LogP contribution in [-0.4, -0.2) is 21.9 Å². The van der Waals surface area contributed by atoms with Crippen molar-refractivity contribution in [2.45, 2.75) is 38.1 Å². The summed E-state index contributed by atoms with van der Waals surface area (Å²) in [6.45, 7) is 0. The Morgan fingerprint density at radius 3 is 2.92 bits per heavy atom. The molecule has 4 nitrogen and oxygen atoms in total. The van der Waals surface area contributed by atoms with Gasteiger partial charge in [-0.3, -0.25) is 4.79 Å². The number of carbonyl (C=O) groups is 1. The van der Waals surface area contributed by atoms with Crippen LogP contribution in [-0.2, 0) is 6.42 Å². The number of hydrogen-bond donors (Lipinski definition) is 2. The number of nitrogens with one attached hydrogen (secondary N) is 2. The van der Waals surface area contributed by atoms with E-state index in [1.165, 1.54) is 48.0 Å². The molecule has 0 aliphatic heterocycles. The molecule has 0 saturated heterocycles. The third-order valence-electron chi connectivity index (χ3n) is 5.10. The van der Waals surface area contributed by atoms with Crippen LogP contribution in [0.25, 0.3) is 10.9 Å². The number of carbonyl (C=O) groups excluding carboxylic acids is 1. The van der Waals surface area contributed by atoms with Crippen molar-refractivity contribution in [3.63, 3.8) is 0 Å². The van der Waals surface area contributed by atoms with Crippen molar-refractivity contribution < 1.29 is 4.79 Å². The number of nitrogens with zero attached hydrogens (tertiary/aromatic N) is 1. The molecule has 1 amide bonds. The molecule has 2 aromatic heterocycles. The Morgan fingerprint density at radius 1 is 1.36 bits per heavy atom. The van der Waals surface area contributed by atoms with Gasteiger partial charge in [0.25, 0.3) is 5.91 Å². The Morgan fingerprint density at radius 2 is 2.16 bits per heavy atom. The molecule has 0 bridgehead atoms.